The summed E-state index contributed by atoms with van der Waals surface area (Å²) < 4.78 is 0. The lowest BCUT2D eigenvalue weighted by Gasteiger charge is -2.15. The van der Waals surface area contributed by atoms with Crippen LogP contribution in [0.3, 0.4) is 0 Å². The van der Waals surface area contributed by atoms with E-state index in [-0.39, 0.29) is 0 Å². The molecule has 0 spiro atoms. The Labute approximate surface area is 114 Å². The number of thioether (sulfide) groups is 1. The molecule has 0 amide bonds. The summed E-state index contributed by atoms with van der Waals surface area (Å²) in [7, 11) is 2.02. The van der Waals surface area contributed by atoms with Gasteiger partial charge in [0.25, 0.3) is 0 Å². The number of hydrogen-bond acceptors (Lipinski definition) is 2. The third-order valence-electron chi connectivity index (χ3n) is 2.58. The van der Waals surface area contributed by atoms with Gasteiger partial charge in [-0.2, -0.15) is 0 Å². The predicted molar refractivity (Wildman–Crippen MR) is 79.1 cm³/mol. The quantitative estimate of drug-likeness (QED) is 0.582. The van der Waals surface area contributed by atoms with Gasteiger partial charge in [-0.25, -0.2) is 0 Å². The van der Waals surface area contributed by atoms with E-state index in [1.54, 1.807) is 0 Å². The van der Waals surface area contributed by atoms with Crippen molar-refractivity contribution in [2.75, 3.05) is 12.8 Å². The first-order valence-electron chi connectivity index (χ1n) is 5.82. The molecule has 1 nitrogen and oxygen atoms in total. The molecule has 1 aromatic carbocycles. The largest absolute Gasteiger partial charge is 0.316 e. The normalized spacial score (nSPS) is 12.4. The fraction of sp³-hybridized carbons (Fsp3) is 0.429. The maximum Gasteiger partial charge on any atom is 0.0417 e. The number of hydrogen-bond donors (Lipinski definition) is 1. The van der Waals surface area contributed by atoms with Crippen LogP contribution >= 0.6 is 23.4 Å². The molecule has 0 aliphatic carbocycles. The van der Waals surface area contributed by atoms with Crippen LogP contribution in [0.5, 0.6) is 0 Å². The Kier molecular flexibility index (Phi) is 6.71. The Morgan fingerprint density at radius 1 is 1.53 bits per heavy atom. The first-order valence-corrected chi connectivity index (χ1v) is 7.18. The van der Waals surface area contributed by atoms with E-state index in [9.17, 15) is 0 Å². The highest BCUT2D eigenvalue weighted by molar-refractivity contribution is 7.99. The van der Waals surface area contributed by atoms with E-state index in [1.807, 2.05) is 37.0 Å². The van der Waals surface area contributed by atoms with Crippen LogP contribution < -0.4 is 5.32 Å². The van der Waals surface area contributed by atoms with E-state index in [0.717, 1.165) is 23.6 Å². The van der Waals surface area contributed by atoms with Gasteiger partial charge in [-0.05, 0) is 45.0 Å². The SMILES string of the molecule is C=C(C)CCC(CSc1cccc(Cl)c1)NC. The van der Waals surface area contributed by atoms with Gasteiger partial charge in [0.1, 0.15) is 0 Å². The van der Waals surface area contributed by atoms with Crippen LogP contribution in [-0.2, 0) is 0 Å². The lowest BCUT2D eigenvalue weighted by Crippen LogP contribution is -2.27. The third-order valence-corrected chi connectivity index (χ3v) is 3.97. The summed E-state index contributed by atoms with van der Waals surface area (Å²) in [6.07, 6.45) is 2.22. The number of allylic oxidation sites excluding steroid dienone is 1. The van der Waals surface area contributed by atoms with Gasteiger partial charge in [0, 0.05) is 21.7 Å². The average Bonchev–Trinajstić information content (AvgIpc) is 2.29. The van der Waals surface area contributed by atoms with Gasteiger partial charge < -0.3 is 5.32 Å². The van der Waals surface area contributed by atoms with E-state index >= 15 is 0 Å². The Bertz CT molecular complexity index is 365. The van der Waals surface area contributed by atoms with E-state index < -0.39 is 0 Å². The van der Waals surface area contributed by atoms with Crippen molar-refractivity contribution in [2.45, 2.75) is 30.7 Å². The van der Waals surface area contributed by atoms with Crippen LogP contribution in [0.1, 0.15) is 19.8 Å². The number of nitrogens with one attached hydrogen (secondary N) is 1. The van der Waals surface area contributed by atoms with Crippen molar-refractivity contribution < 1.29 is 0 Å². The van der Waals surface area contributed by atoms with Gasteiger partial charge in [0.2, 0.25) is 0 Å². The zero-order valence-corrected chi connectivity index (χ0v) is 12.1. The molecule has 0 saturated heterocycles. The van der Waals surface area contributed by atoms with Crippen molar-refractivity contribution in [3.05, 3.63) is 41.4 Å². The minimum atomic E-state index is 0.524. The molecular weight excluding hydrogens is 250 g/mol. The van der Waals surface area contributed by atoms with Gasteiger partial charge in [0.05, 0.1) is 0 Å². The molecule has 1 N–H and O–H groups in total. The van der Waals surface area contributed by atoms with Crippen molar-refractivity contribution in [3.63, 3.8) is 0 Å². The summed E-state index contributed by atoms with van der Waals surface area (Å²) in [5, 5.41) is 4.15. The number of benzene rings is 1. The summed E-state index contributed by atoms with van der Waals surface area (Å²) in [4.78, 5) is 1.23. The Hall–Kier alpha value is -0.440. The van der Waals surface area contributed by atoms with Crippen LogP contribution in [0, 0.1) is 0 Å². The fourth-order valence-electron chi connectivity index (χ4n) is 1.49. The Balaban J connectivity index is 2.39. The average molecular weight is 270 g/mol. The van der Waals surface area contributed by atoms with Gasteiger partial charge in [-0.1, -0.05) is 23.2 Å². The molecule has 17 heavy (non-hydrogen) atoms. The van der Waals surface area contributed by atoms with Gasteiger partial charge in [0.15, 0.2) is 0 Å². The first-order chi connectivity index (χ1) is 8.11. The lowest BCUT2D eigenvalue weighted by atomic mass is 10.1. The molecule has 1 unspecified atom stereocenters. The van der Waals surface area contributed by atoms with Crippen LogP contribution in [-0.4, -0.2) is 18.8 Å². The molecule has 0 bridgehead atoms. The molecule has 3 heteroatoms. The van der Waals surface area contributed by atoms with Crippen LogP contribution in [0.15, 0.2) is 41.3 Å². The van der Waals surface area contributed by atoms with Crippen LogP contribution in [0.2, 0.25) is 5.02 Å². The molecule has 94 valence electrons. The van der Waals surface area contributed by atoms with Crippen LogP contribution in [0.4, 0.5) is 0 Å². The second-order valence-corrected chi connectivity index (χ2v) is 5.78. The second-order valence-electron chi connectivity index (χ2n) is 4.25. The van der Waals surface area contributed by atoms with Crippen molar-refractivity contribution in [1.82, 2.24) is 5.32 Å². The van der Waals surface area contributed by atoms with E-state index in [4.69, 9.17) is 11.6 Å². The van der Waals surface area contributed by atoms with Crippen molar-refractivity contribution >= 4 is 23.4 Å². The Morgan fingerprint density at radius 3 is 2.88 bits per heavy atom. The Morgan fingerprint density at radius 2 is 2.29 bits per heavy atom. The van der Waals surface area contributed by atoms with E-state index in [2.05, 4.69) is 24.9 Å². The highest BCUT2D eigenvalue weighted by Crippen LogP contribution is 2.23. The maximum absolute atomic E-state index is 5.96. The standard InChI is InChI=1S/C14H20ClNS/c1-11(2)7-8-13(16-3)10-17-14-6-4-5-12(15)9-14/h4-6,9,13,16H,1,7-8,10H2,2-3H3. The third kappa shape index (κ3) is 6.16. The first kappa shape index (κ1) is 14.6. The van der Waals surface area contributed by atoms with Crippen LogP contribution in [0.25, 0.3) is 0 Å². The zero-order valence-electron chi connectivity index (χ0n) is 10.5. The molecule has 1 atom stereocenters. The predicted octanol–water partition coefficient (Wildman–Crippen LogP) is 4.38. The summed E-state index contributed by atoms with van der Waals surface area (Å²) in [6.45, 7) is 6.02. The molecule has 1 rings (SSSR count). The fourth-order valence-corrected chi connectivity index (χ4v) is 2.85. The summed E-state index contributed by atoms with van der Waals surface area (Å²) in [5.74, 6) is 1.06. The molecular formula is C14H20ClNS. The second kappa shape index (κ2) is 7.80. The molecule has 0 fully saturated rings. The summed E-state index contributed by atoms with van der Waals surface area (Å²) >= 11 is 7.80. The van der Waals surface area contributed by atoms with E-state index in [1.165, 1.54) is 10.5 Å². The molecule has 1 aromatic rings. The van der Waals surface area contributed by atoms with Crippen molar-refractivity contribution in [1.29, 1.82) is 0 Å². The molecule has 0 aromatic heterocycles. The minimum Gasteiger partial charge on any atom is -0.316 e. The molecule has 0 aliphatic heterocycles. The van der Waals surface area contributed by atoms with Crippen molar-refractivity contribution in [3.8, 4) is 0 Å². The van der Waals surface area contributed by atoms with Crippen molar-refractivity contribution in [2.24, 2.45) is 0 Å². The van der Waals surface area contributed by atoms with Gasteiger partial charge >= 0.3 is 0 Å². The smallest absolute Gasteiger partial charge is 0.0417 e. The highest BCUT2D eigenvalue weighted by atomic mass is 35.5. The van der Waals surface area contributed by atoms with Gasteiger partial charge in [-0.3, -0.25) is 0 Å². The molecule has 0 heterocycles. The summed E-state index contributed by atoms with van der Waals surface area (Å²) in [5.41, 5.74) is 1.25. The molecule has 0 aliphatic rings. The minimum absolute atomic E-state index is 0.524. The highest BCUT2D eigenvalue weighted by Gasteiger charge is 2.06. The lowest BCUT2D eigenvalue weighted by molar-refractivity contribution is 0.571. The summed E-state index contributed by atoms with van der Waals surface area (Å²) in [6, 6.07) is 8.53. The monoisotopic (exact) mass is 269 g/mol. The van der Waals surface area contributed by atoms with Gasteiger partial charge in [-0.15, -0.1) is 18.3 Å². The topological polar surface area (TPSA) is 12.0 Å². The molecule has 0 radical (unpaired) electrons. The zero-order chi connectivity index (χ0) is 12.7. The number of rotatable bonds is 7. The number of halogens is 1. The maximum atomic E-state index is 5.96. The van der Waals surface area contributed by atoms with E-state index in [0.29, 0.717) is 6.04 Å². The molecule has 0 saturated carbocycles.